The van der Waals surface area contributed by atoms with Crippen molar-refractivity contribution in [2.75, 3.05) is 18.0 Å². The number of fused-ring (bicyclic) bond motifs is 1. The molecule has 9 heteroatoms. The second-order valence-electron chi connectivity index (χ2n) is 7.88. The number of hydrogen-bond acceptors (Lipinski definition) is 5. The van der Waals surface area contributed by atoms with E-state index in [1.807, 2.05) is 42.5 Å². The molecule has 1 heterocycles. The minimum absolute atomic E-state index is 0.0872. The summed E-state index contributed by atoms with van der Waals surface area (Å²) in [5.74, 6) is -0.299. The van der Waals surface area contributed by atoms with Crippen LogP contribution in [-0.2, 0) is 16.6 Å². The number of nitrogens with zero attached hydrogens (tertiary/aromatic N) is 3. The fourth-order valence-electron chi connectivity index (χ4n) is 3.64. The van der Waals surface area contributed by atoms with Crippen molar-refractivity contribution in [3.63, 3.8) is 0 Å². The largest absolute Gasteiger partial charge is 0.279 e. The Labute approximate surface area is 219 Å². The van der Waals surface area contributed by atoms with Crippen LogP contribution in [0, 0.1) is 0 Å². The van der Waals surface area contributed by atoms with Crippen LogP contribution < -0.4 is 4.90 Å². The molecule has 0 aliphatic rings. The van der Waals surface area contributed by atoms with E-state index in [1.165, 1.54) is 52.1 Å². The zero-order chi connectivity index (χ0) is 25.7. The number of amides is 1. The Kier molecular flexibility index (Phi) is 8.01. The Hall–Kier alpha value is -3.30. The van der Waals surface area contributed by atoms with Gasteiger partial charge in [-0.15, -0.1) is 13.2 Å². The number of para-hydroxylation sites is 1. The molecule has 36 heavy (non-hydrogen) atoms. The van der Waals surface area contributed by atoms with Gasteiger partial charge < -0.3 is 0 Å². The summed E-state index contributed by atoms with van der Waals surface area (Å²) >= 11 is 7.70. The average molecular weight is 538 g/mol. The van der Waals surface area contributed by atoms with E-state index >= 15 is 0 Å². The van der Waals surface area contributed by atoms with E-state index in [2.05, 4.69) is 18.1 Å². The van der Waals surface area contributed by atoms with Crippen LogP contribution in [0.1, 0.15) is 15.9 Å². The quantitative estimate of drug-likeness (QED) is 0.227. The number of carbonyl (C=O) groups is 1. The topological polar surface area (TPSA) is 70.6 Å². The van der Waals surface area contributed by atoms with Gasteiger partial charge in [-0.2, -0.15) is 4.31 Å². The van der Waals surface area contributed by atoms with Gasteiger partial charge in [-0.25, -0.2) is 13.4 Å². The standard InChI is InChI=1S/C27H24ClN3O3S2/c1-3-17-30(18-4-2)36(33,34)22-15-13-21(14-16-22)26(32)31(19-20-9-6-5-7-10-20)27-29-25-23(28)11-8-12-24(25)35-27/h3-16H,1-2,17-19H2. The van der Waals surface area contributed by atoms with Crippen molar-refractivity contribution in [2.24, 2.45) is 0 Å². The summed E-state index contributed by atoms with van der Waals surface area (Å²) < 4.78 is 28.2. The summed E-state index contributed by atoms with van der Waals surface area (Å²) in [6.45, 7) is 7.86. The van der Waals surface area contributed by atoms with Crippen LogP contribution >= 0.6 is 22.9 Å². The van der Waals surface area contributed by atoms with Gasteiger partial charge in [0.25, 0.3) is 5.91 Å². The van der Waals surface area contributed by atoms with Gasteiger partial charge >= 0.3 is 0 Å². The zero-order valence-electron chi connectivity index (χ0n) is 19.4. The molecule has 0 fully saturated rings. The van der Waals surface area contributed by atoms with E-state index in [1.54, 1.807) is 11.0 Å². The highest BCUT2D eigenvalue weighted by molar-refractivity contribution is 7.89. The van der Waals surface area contributed by atoms with Gasteiger partial charge in [0.2, 0.25) is 10.0 Å². The molecule has 0 N–H and O–H groups in total. The number of carbonyl (C=O) groups excluding carboxylic acids is 1. The first-order chi connectivity index (χ1) is 17.3. The van der Waals surface area contributed by atoms with Gasteiger partial charge in [-0.3, -0.25) is 9.69 Å². The third-order valence-corrected chi connectivity index (χ3v) is 8.62. The molecule has 0 atom stereocenters. The van der Waals surface area contributed by atoms with Crippen LogP contribution in [0.3, 0.4) is 0 Å². The lowest BCUT2D eigenvalue weighted by molar-refractivity contribution is 0.0985. The predicted molar refractivity (Wildman–Crippen MR) is 147 cm³/mol. The number of benzene rings is 3. The molecular weight excluding hydrogens is 514 g/mol. The summed E-state index contributed by atoms with van der Waals surface area (Å²) in [5.41, 5.74) is 1.91. The number of thiazole rings is 1. The number of aromatic nitrogens is 1. The molecule has 0 radical (unpaired) electrons. The van der Waals surface area contributed by atoms with E-state index in [9.17, 15) is 13.2 Å². The van der Waals surface area contributed by atoms with Crippen molar-refractivity contribution in [1.82, 2.24) is 9.29 Å². The lowest BCUT2D eigenvalue weighted by atomic mass is 10.1. The molecule has 0 saturated carbocycles. The molecule has 0 aliphatic carbocycles. The van der Waals surface area contributed by atoms with Crippen molar-refractivity contribution in [1.29, 1.82) is 0 Å². The lowest BCUT2D eigenvalue weighted by Gasteiger charge is -2.21. The van der Waals surface area contributed by atoms with E-state index in [0.29, 0.717) is 27.8 Å². The Bertz CT molecular complexity index is 1490. The van der Waals surface area contributed by atoms with E-state index < -0.39 is 10.0 Å². The van der Waals surface area contributed by atoms with Gasteiger partial charge in [-0.1, -0.05) is 71.5 Å². The summed E-state index contributed by atoms with van der Waals surface area (Å²) in [6, 6.07) is 21.0. The first-order valence-electron chi connectivity index (χ1n) is 11.1. The van der Waals surface area contributed by atoms with Gasteiger partial charge in [0.15, 0.2) is 5.13 Å². The molecule has 4 aromatic rings. The number of hydrogen-bond donors (Lipinski definition) is 0. The molecule has 6 nitrogen and oxygen atoms in total. The number of sulfonamides is 1. The molecule has 0 bridgehead atoms. The highest BCUT2D eigenvalue weighted by atomic mass is 35.5. The van der Waals surface area contributed by atoms with E-state index in [4.69, 9.17) is 11.6 Å². The number of halogens is 1. The SMILES string of the molecule is C=CCN(CC=C)S(=O)(=O)c1ccc(C(=O)N(Cc2ccccc2)c2nc3c(Cl)cccc3s2)cc1. The third-order valence-electron chi connectivity index (χ3n) is 5.42. The van der Waals surface area contributed by atoms with Gasteiger partial charge in [0.05, 0.1) is 21.2 Å². The zero-order valence-corrected chi connectivity index (χ0v) is 21.8. The number of rotatable bonds is 10. The summed E-state index contributed by atoms with van der Waals surface area (Å²) in [4.78, 5) is 20.0. The molecule has 1 amide bonds. The molecule has 0 saturated heterocycles. The van der Waals surface area contributed by atoms with Gasteiger partial charge in [0.1, 0.15) is 5.52 Å². The minimum Gasteiger partial charge on any atom is -0.279 e. The maximum atomic E-state index is 13.7. The average Bonchev–Trinajstić information content (AvgIpc) is 3.33. The highest BCUT2D eigenvalue weighted by Crippen LogP contribution is 2.34. The molecule has 4 rings (SSSR count). The summed E-state index contributed by atoms with van der Waals surface area (Å²) in [6.07, 6.45) is 3.04. The van der Waals surface area contributed by atoms with Crippen molar-refractivity contribution in [2.45, 2.75) is 11.4 Å². The van der Waals surface area contributed by atoms with Crippen LogP contribution in [-0.4, -0.2) is 36.7 Å². The second-order valence-corrected chi connectivity index (χ2v) is 11.2. The molecule has 1 aromatic heterocycles. The van der Waals surface area contributed by atoms with Crippen LogP contribution in [0.4, 0.5) is 5.13 Å². The monoisotopic (exact) mass is 537 g/mol. The van der Waals surface area contributed by atoms with Crippen LogP contribution in [0.5, 0.6) is 0 Å². The molecular formula is C27H24ClN3O3S2. The molecule has 0 aliphatic heterocycles. The molecule has 3 aromatic carbocycles. The van der Waals surface area contributed by atoms with Crippen molar-refractivity contribution in [3.05, 3.63) is 114 Å². The van der Waals surface area contributed by atoms with Crippen LogP contribution in [0.15, 0.2) is 103 Å². The minimum atomic E-state index is -3.77. The molecule has 184 valence electrons. The first kappa shape index (κ1) is 25.8. The molecule has 0 unspecified atom stereocenters. The van der Waals surface area contributed by atoms with Crippen molar-refractivity contribution >= 4 is 54.2 Å². The maximum absolute atomic E-state index is 13.7. The van der Waals surface area contributed by atoms with Crippen LogP contribution in [0.2, 0.25) is 5.02 Å². The smallest absolute Gasteiger partial charge is 0.260 e. The normalized spacial score (nSPS) is 11.5. The third kappa shape index (κ3) is 5.42. The highest BCUT2D eigenvalue weighted by Gasteiger charge is 2.25. The maximum Gasteiger partial charge on any atom is 0.260 e. The predicted octanol–water partition coefficient (Wildman–Crippen LogP) is 6.16. The Balaban J connectivity index is 1.69. The first-order valence-corrected chi connectivity index (χ1v) is 13.7. The molecule has 0 spiro atoms. The summed E-state index contributed by atoms with van der Waals surface area (Å²) in [5, 5.41) is 1.02. The van der Waals surface area contributed by atoms with E-state index in [-0.39, 0.29) is 23.9 Å². The fraction of sp³-hybridized carbons (Fsp3) is 0.111. The van der Waals surface area contributed by atoms with Gasteiger partial charge in [-0.05, 0) is 42.0 Å². The van der Waals surface area contributed by atoms with Crippen LogP contribution in [0.25, 0.3) is 10.2 Å². The Morgan fingerprint density at radius 1 is 0.944 bits per heavy atom. The lowest BCUT2D eigenvalue weighted by Crippen LogP contribution is -2.32. The summed E-state index contributed by atoms with van der Waals surface area (Å²) in [7, 11) is -3.77. The van der Waals surface area contributed by atoms with Gasteiger partial charge in [0, 0.05) is 18.7 Å². The van der Waals surface area contributed by atoms with E-state index in [0.717, 1.165) is 10.3 Å². The Morgan fingerprint density at radius 2 is 1.61 bits per heavy atom. The van der Waals surface area contributed by atoms with Crippen molar-refractivity contribution in [3.8, 4) is 0 Å². The fourth-order valence-corrected chi connectivity index (χ4v) is 6.29. The Morgan fingerprint density at radius 3 is 2.22 bits per heavy atom. The van der Waals surface area contributed by atoms with Crippen molar-refractivity contribution < 1.29 is 13.2 Å². The number of anilines is 1. The second kappa shape index (κ2) is 11.2.